The van der Waals surface area contributed by atoms with Crippen molar-refractivity contribution in [1.29, 1.82) is 0 Å². The summed E-state index contributed by atoms with van der Waals surface area (Å²) in [5.74, 6) is 0.762. The lowest BCUT2D eigenvalue weighted by Gasteiger charge is -2.46. The molecule has 1 aliphatic carbocycles. The van der Waals surface area contributed by atoms with Gasteiger partial charge in [0.25, 0.3) is 0 Å². The van der Waals surface area contributed by atoms with Gasteiger partial charge in [-0.3, -0.25) is 0 Å². The van der Waals surface area contributed by atoms with Gasteiger partial charge in [-0.15, -0.1) is 0 Å². The fourth-order valence-electron chi connectivity index (χ4n) is 5.38. The van der Waals surface area contributed by atoms with E-state index < -0.39 is 10.0 Å². The molecule has 0 spiro atoms. The minimum atomic E-state index is -3.58. The van der Waals surface area contributed by atoms with E-state index in [1.807, 2.05) is 19.1 Å². The lowest BCUT2D eigenvalue weighted by Crippen LogP contribution is -2.46. The van der Waals surface area contributed by atoms with Gasteiger partial charge < -0.3 is 0 Å². The maximum Gasteiger partial charge on any atom is 0.243 e. The third kappa shape index (κ3) is 3.72. The molecule has 0 amide bonds. The summed E-state index contributed by atoms with van der Waals surface area (Å²) in [5, 5.41) is 0. The van der Waals surface area contributed by atoms with Crippen molar-refractivity contribution in [1.82, 2.24) is 4.31 Å². The first kappa shape index (κ1) is 20.5. The molecule has 0 unspecified atom stereocenters. The Kier molecular flexibility index (Phi) is 5.23. The van der Waals surface area contributed by atoms with Crippen LogP contribution < -0.4 is 0 Å². The molecule has 0 radical (unpaired) electrons. The summed E-state index contributed by atoms with van der Waals surface area (Å²) in [4.78, 5) is 0.393. The van der Waals surface area contributed by atoms with E-state index in [0.29, 0.717) is 23.3 Å². The van der Waals surface area contributed by atoms with Gasteiger partial charge in [0.1, 0.15) is 0 Å². The average molecular weight is 432 g/mol. The summed E-state index contributed by atoms with van der Waals surface area (Å²) in [6, 6.07) is 24.2. The average Bonchev–Trinajstić information content (AvgIpc) is 2.79. The highest BCUT2D eigenvalue weighted by molar-refractivity contribution is 7.89. The second-order valence-corrected chi connectivity index (χ2v) is 11.0. The summed E-state index contributed by atoms with van der Waals surface area (Å²) < 4.78 is 29.4. The van der Waals surface area contributed by atoms with Crippen LogP contribution in [0.3, 0.4) is 0 Å². The maximum absolute atomic E-state index is 13.8. The molecule has 3 nitrogen and oxygen atoms in total. The Balaban J connectivity index is 1.58. The van der Waals surface area contributed by atoms with Gasteiger partial charge in [0.15, 0.2) is 0 Å². The van der Waals surface area contributed by atoms with E-state index in [-0.39, 0.29) is 6.04 Å². The topological polar surface area (TPSA) is 37.4 Å². The highest BCUT2D eigenvalue weighted by atomic mass is 32.2. The van der Waals surface area contributed by atoms with Crippen LogP contribution in [0.2, 0.25) is 0 Å². The number of rotatable bonds is 3. The van der Waals surface area contributed by atoms with Gasteiger partial charge in [-0.1, -0.05) is 71.8 Å². The van der Waals surface area contributed by atoms with Crippen LogP contribution in [0.5, 0.6) is 0 Å². The van der Waals surface area contributed by atoms with Crippen LogP contribution in [0.4, 0.5) is 0 Å². The van der Waals surface area contributed by atoms with E-state index in [1.165, 1.54) is 16.7 Å². The molecule has 3 aromatic rings. The minimum absolute atomic E-state index is 0.153. The Morgan fingerprint density at radius 3 is 2.19 bits per heavy atom. The molecule has 0 saturated carbocycles. The second kappa shape index (κ2) is 7.92. The number of hydrogen-bond acceptors (Lipinski definition) is 2. The van der Waals surface area contributed by atoms with Crippen LogP contribution in [0, 0.1) is 19.8 Å². The monoisotopic (exact) mass is 431 g/mol. The van der Waals surface area contributed by atoms with E-state index in [0.717, 1.165) is 30.4 Å². The van der Waals surface area contributed by atoms with Crippen molar-refractivity contribution in [2.24, 2.45) is 5.92 Å². The third-order valence-electron chi connectivity index (χ3n) is 7.14. The predicted octanol–water partition coefficient (Wildman–Crippen LogP) is 5.79. The molecular weight excluding hydrogens is 402 g/mol. The fourth-order valence-corrected chi connectivity index (χ4v) is 7.06. The molecule has 0 aromatic heterocycles. The van der Waals surface area contributed by atoms with E-state index in [2.05, 4.69) is 55.5 Å². The number of benzene rings is 3. The van der Waals surface area contributed by atoms with Crippen molar-refractivity contribution in [2.75, 3.05) is 6.54 Å². The van der Waals surface area contributed by atoms with E-state index in [4.69, 9.17) is 0 Å². The number of hydrogen-bond donors (Lipinski definition) is 0. The first-order chi connectivity index (χ1) is 14.9. The molecule has 4 heteroatoms. The largest absolute Gasteiger partial charge is 0.243 e. The third-order valence-corrected chi connectivity index (χ3v) is 9.03. The van der Waals surface area contributed by atoms with E-state index in [9.17, 15) is 8.42 Å². The number of piperidine rings is 1. The zero-order valence-corrected chi connectivity index (χ0v) is 19.0. The minimum Gasteiger partial charge on any atom is -0.207 e. The summed E-state index contributed by atoms with van der Waals surface area (Å²) in [7, 11) is -3.58. The quantitative estimate of drug-likeness (QED) is 0.527. The molecule has 160 valence electrons. The Morgan fingerprint density at radius 2 is 1.48 bits per heavy atom. The van der Waals surface area contributed by atoms with Gasteiger partial charge in [-0.05, 0) is 73.8 Å². The molecule has 1 heterocycles. The number of sulfonamides is 1. The smallest absolute Gasteiger partial charge is 0.207 e. The number of nitrogens with zero attached hydrogens (tertiary/aromatic N) is 1. The van der Waals surface area contributed by atoms with Crippen LogP contribution in [-0.4, -0.2) is 19.3 Å². The van der Waals surface area contributed by atoms with Gasteiger partial charge in [-0.25, -0.2) is 8.42 Å². The Hall–Kier alpha value is -2.43. The zero-order valence-electron chi connectivity index (χ0n) is 18.2. The first-order valence-electron chi connectivity index (χ1n) is 11.2. The Labute approximate surface area is 185 Å². The van der Waals surface area contributed by atoms with Crippen LogP contribution in [0.1, 0.15) is 52.6 Å². The molecule has 2 aliphatic rings. The van der Waals surface area contributed by atoms with Crippen molar-refractivity contribution >= 4 is 10.0 Å². The summed E-state index contributed by atoms with van der Waals surface area (Å²) in [6.45, 7) is 4.63. The lowest BCUT2D eigenvalue weighted by atomic mass is 9.69. The van der Waals surface area contributed by atoms with Gasteiger partial charge in [0, 0.05) is 6.54 Å². The first-order valence-corrected chi connectivity index (χ1v) is 12.6. The van der Waals surface area contributed by atoms with Crippen molar-refractivity contribution in [3.63, 3.8) is 0 Å². The molecule has 1 fully saturated rings. The molecule has 1 saturated heterocycles. The molecule has 0 bridgehead atoms. The summed E-state index contributed by atoms with van der Waals surface area (Å²) in [5.41, 5.74) is 6.19. The highest BCUT2D eigenvalue weighted by Crippen LogP contribution is 2.49. The molecule has 0 N–H and O–H groups in total. The second-order valence-electron chi connectivity index (χ2n) is 9.15. The van der Waals surface area contributed by atoms with Crippen molar-refractivity contribution in [3.8, 4) is 0 Å². The SMILES string of the molecule is Cc1ccc([C@H]2C[C@H]3c4ccccc4CC[C@@H]3CN2S(=O)(=O)c2ccc(C)cc2)cc1. The molecular formula is C27H29NO2S. The van der Waals surface area contributed by atoms with Crippen molar-refractivity contribution in [3.05, 3.63) is 101 Å². The van der Waals surface area contributed by atoms with Gasteiger partial charge in [-0.2, -0.15) is 4.31 Å². The van der Waals surface area contributed by atoms with Crippen molar-refractivity contribution in [2.45, 2.75) is 50.0 Å². The molecule has 3 aromatic carbocycles. The molecule has 3 atom stereocenters. The van der Waals surface area contributed by atoms with Gasteiger partial charge >= 0.3 is 0 Å². The fraction of sp³-hybridized carbons (Fsp3) is 0.333. The van der Waals surface area contributed by atoms with Crippen LogP contribution in [-0.2, 0) is 16.4 Å². The Bertz CT molecular complexity index is 1180. The normalized spacial score (nSPS) is 23.7. The van der Waals surface area contributed by atoms with Crippen LogP contribution >= 0.6 is 0 Å². The predicted molar refractivity (Wildman–Crippen MR) is 125 cm³/mol. The van der Waals surface area contributed by atoms with Gasteiger partial charge in [0.2, 0.25) is 10.0 Å². The van der Waals surface area contributed by atoms with Crippen LogP contribution in [0.25, 0.3) is 0 Å². The summed E-state index contributed by atoms with van der Waals surface area (Å²) >= 11 is 0. The maximum atomic E-state index is 13.8. The number of fused-ring (bicyclic) bond motifs is 3. The van der Waals surface area contributed by atoms with Crippen molar-refractivity contribution < 1.29 is 8.42 Å². The van der Waals surface area contributed by atoms with E-state index in [1.54, 1.807) is 16.4 Å². The van der Waals surface area contributed by atoms with E-state index >= 15 is 0 Å². The van der Waals surface area contributed by atoms with Gasteiger partial charge in [0.05, 0.1) is 10.9 Å². The molecule has 1 aliphatic heterocycles. The Morgan fingerprint density at radius 1 is 0.839 bits per heavy atom. The molecule has 31 heavy (non-hydrogen) atoms. The standard InChI is InChI=1S/C27H29NO2S/c1-19-7-11-22(12-8-19)27-17-26-23(14-13-21-5-3-4-6-25(21)26)18-28(27)31(29,30)24-15-9-20(2)10-16-24/h3-12,15-16,23,26-27H,13-14,17-18H2,1-2H3/t23-,26-,27-/m1/s1. The summed E-state index contributed by atoms with van der Waals surface area (Å²) in [6.07, 6.45) is 2.91. The number of aryl methyl sites for hydroxylation is 3. The lowest BCUT2D eigenvalue weighted by molar-refractivity contribution is 0.156. The molecule has 5 rings (SSSR count). The zero-order chi connectivity index (χ0) is 21.6. The van der Waals surface area contributed by atoms with Crippen LogP contribution in [0.15, 0.2) is 77.7 Å². The highest BCUT2D eigenvalue weighted by Gasteiger charge is 2.44.